The van der Waals surface area contributed by atoms with Gasteiger partial charge in [-0.25, -0.2) is 9.97 Å². The molecule has 9 heteroatoms. The van der Waals surface area contributed by atoms with Crippen LogP contribution in [0.25, 0.3) is 0 Å². The predicted molar refractivity (Wildman–Crippen MR) is 85.6 cm³/mol. The van der Waals surface area contributed by atoms with Crippen molar-refractivity contribution in [1.29, 1.82) is 0 Å². The Kier molecular flexibility index (Phi) is 6.29. The first-order chi connectivity index (χ1) is 11.9. The fourth-order valence-corrected chi connectivity index (χ4v) is 1.91. The number of aromatic nitrogens is 2. The minimum atomic E-state index is -4.38. The fourth-order valence-electron chi connectivity index (χ4n) is 1.91. The molecule has 0 saturated carbocycles. The number of ether oxygens (including phenoxy) is 1. The maximum atomic E-state index is 12.5. The summed E-state index contributed by atoms with van der Waals surface area (Å²) in [7, 11) is 1.58. The number of anilines is 2. The van der Waals surface area contributed by atoms with Gasteiger partial charge in [-0.1, -0.05) is 0 Å². The number of carbonyl (C=O) groups excluding carboxylic acids is 1. The van der Waals surface area contributed by atoms with E-state index in [4.69, 9.17) is 4.74 Å². The number of hydrogen-bond donors (Lipinski definition) is 2. The van der Waals surface area contributed by atoms with E-state index in [9.17, 15) is 18.0 Å². The van der Waals surface area contributed by atoms with Crippen molar-refractivity contribution >= 4 is 17.4 Å². The molecule has 1 aromatic heterocycles. The summed E-state index contributed by atoms with van der Waals surface area (Å²) in [5.74, 6) is -0.0413. The number of benzene rings is 1. The number of nitrogens with zero attached hydrogens (tertiary/aromatic N) is 2. The SMILES string of the molecule is COCCCNC(=O)c1cnc(Nc2ccc(C(F)(F)F)cc2)cn1. The lowest BCUT2D eigenvalue weighted by Gasteiger charge is -2.09. The second kappa shape index (κ2) is 8.43. The summed E-state index contributed by atoms with van der Waals surface area (Å²) in [6, 6.07) is 4.52. The van der Waals surface area contributed by atoms with E-state index in [0.717, 1.165) is 12.1 Å². The summed E-state index contributed by atoms with van der Waals surface area (Å²) < 4.78 is 42.4. The molecule has 2 aromatic rings. The second-order valence-corrected chi connectivity index (χ2v) is 5.09. The van der Waals surface area contributed by atoms with Crippen LogP contribution in [0.3, 0.4) is 0 Å². The molecule has 1 heterocycles. The van der Waals surface area contributed by atoms with Crippen LogP contribution in [0.15, 0.2) is 36.7 Å². The number of hydrogen-bond acceptors (Lipinski definition) is 5. The number of halogens is 3. The van der Waals surface area contributed by atoms with Crippen molar-refractivity contribution in [3.8, 4) is 0 Å². The summed E-state index contributed by atoms with van der Waals surface area (Å²) >= 11 is 0. The van der Waals surface area contributed by atoms with Gasteiger partial charge >= 0.3 is 6.18 Å². The van der Waals surface area contributed by atoms with Crippen molar-refractivity contribution in [2.75, 3.05) is 25.6 Å². The van der Waals surface area contributed by atoms with Gasteiger partial charge in [-0.3, -0.25) is 4.79 Å². The van der Waals surface area contributed by atoms with Crippen LogP contribution in [0.2, 0.25) is 0 Å². The third kappa shape index (κ3) is 5.71. The first-order valence-corrected chi connectivity index (χ1v) is 7.43. The Labute approximate surface area is 142 Å². The molecule has 0 aliphatic heterocycles. The van der Waals surface area contributed by atoms with Crippen molar-refractivity contribution in [3.05, 3.63) is 47.9 Å². The fraction of sp³-hybridized carbons (Fsp3) is 0.312. The molecule has 0 fully saturated rings. The zero-order chi connectivity index (χ0) is 18.3. The first kappa shape index (κ1) is 18.7. The average molecular weight is 354 g/mol. The Morgan fingerprint density at radius 2 is 1.88 bits per heavy atom. The Bertz CT molecular complexity index is 688. The molecule has 0 spiro atoms. The zero-order valence-electron chi connectivity index (χ0n) is 13.4. The highest BCUT2D eigenvalue weighted by Crippen LogP contribution is 2.30. The Hall–Kier alpha value is -2.68. The van der Waals surface area contributed by atoms with Crippen molar-refractivity contribution in [1.82, 2.24) is 15.3 Å². The summed E-state index contributed by atoms with van der Waals surface area (Å²) in [5, 5.41) is 5.49. The average Bonchev–Trinajstić information content (AvgIpc) is 2.59. The van der Waals surface area contributed by atoms with Gasteiger partial charge in [0.15, 0.2) is 0 Å². The smallest absolute Gasteiger partial charge is 0.385 e. The molecule has 0 radical (unpaired) electrons. The van der Waals surface area contributed by atoms with Crippen LogP contribution < -0.4 is 10.6 Å². The number of rotatable bonds is 7. The minimum absolute atomic E-state index is 0.149. The van der Waals surface area contributed by atoms with Gasteiger partial charge in [-0.2, -0.15) is 13.2 Å². The molecule has 25 heavy (non-hydrogen) atoms. The Morgan fingerprint density at radius 3 is 2.44 bits per heavy atom. The maximum Gasteiger partial charge on any atom is 0.416 e. The van der Waals surface area contributed by atoms with Gasteiger partial charge in [-0.15, -0.1) is 0 Å². The van der Waals surface area contributed by atoms with E-state index in [1.807, 2.05) is 0 Å². The van der Waals surface area contributed by atoms with Crippen molar-refractivity contribution in [2.45, 2.75) is 12.6 Å². The third-order valence-electron chi connectivity index (χ3n) is 3.18. The van der Waals surface area contributed by atoms with E-state index in [2.05, 4.69) is 20.6 Å². The van der Waals surface area contributed by atoms with Crippen LogP contribution in [0.1, 0.15) is 22.5 Å². The van der Waals surface area contributed by atoms with E-state index in [1.54, 1.807) is 7.11 Å². The standard InChI is InChI=1S/C16H17F3N4O2/c1-25-8-2-7-20-15(24)13-9-22-14(10-21-13)23-12-5-3-11(4-6-12)16(17,18)19/h3-6,9-10H,2,7-8H2,1H3,(H,20,24)(H,22,23). The minimum Gasteiger partial charge on any atom is -0.385 e. The molecular weight excluding hydrogens is 337 g/mol. The normalized spacial score (nSPS) is 11.2. The molecule has 134 valence electrons. The van der Waals surface area contributed by atoms with Crippen LogP contribution in [-0.4, -0.2) is 36.1 Å². The molecule has 0 aliphatic carbocycles. The van der Waals surface area contributed by atoms with Crippen molar-refractivity contribution in [3.63, 3.8) is 0 Å². The third-order valence-corrected chi connectivity index (χ3v) is 3.18. The molecule has 2 N–H and O–H groups in total. The van der Waals surface area contributed by atoms with E-state index in [1.165, 1.54) is 24.5 Å². The van der Waals surface area contributed by atoms with Gasteiger partial charge in [0.05, 0.1) is 18.0 Å². The summed E-state index contributed by atoms with van der Waals surface area (Å²) in [6.07, 6.45) is -1.07. The highest BCUT2D eigenvalue weighted by molar-refractivity contribution is 5.92. The summed E-state index contributed by atoms with van der Waals surface area (Å²) in [6.45, 7) is 1.00. The largest absolute Gasteiger partial charge is 0.416 e. The molecule has 0 atom stereocenters. The quantitative estimate of drug-likeness (QED) is 0.748. The second-order valence-electron chi connectivity index (χ2n) is 5.09. The van der Waals surface area contributed by atoms with E-state index >= 15 is 0 Å². The van der Waals surface area contributed by atoms with Crippen LogP contribution in [0.5, 0.6) is 0 Å². The van der Waals surface area contributed by atoms with E-state index in [-0.39, 0.29) is 11.6 Å². The lowest BCUT2D eigenvalue weighted by molar-refractivity contribution is -0.137. The molecule has 6 nitrogen and oxygen atoms in total. The van der Waals surface area contributed by atoms with E-state index < -0.39 is 11.7 Å². The van der Waals surface area contributed by atoms with Gasteiger partial charge in [0.1, 0.15) is 11.5 Å². The first-order valence-electron chi connectivity index (χ1n) is 7.43. The lowest BCUT2D eigenvalue weighted by atomic mass is 10.2. The topological polar surface area (TPSA) is 76.1 Å². The summed E-state index contributed by atoms with van der Waals surface area (Å²) in [4.78, 5) is 19.8. The zero-order valence-corrected chi connectivity index (χ0v) is 13.4. The number of nitrogens with one attached hydrogen (secondary N) is 2. The molecule has 0 unspecified atom stereocenters. The highest BCUT2D eigenvalue weighted by atomic mass is 19.4. The molecule has 0 saturated heterocycles. The molecule has 0 bridgehead atoms. The van der Waals surface area contributed by atoms with Crippen molar-refractivity contribution in [2.24, 2.45) is 0 Å². The molecular formula is C16H17F3N4O2. The van der Waals surface area contributed by atoms with E-state index in [0.29, 0.717) is 31.1 Å². The molecule has 0 aliphatic rings. The van der Waals surface area contributed by atoms with Gasteiger partial charge in [0, 0.05) is 25.9 Å². The van der Waals surface area contributed by atoms with Crippen molar-refractivity contribution < 1.29 is 22.7 Å². The number of carbonyl (C=O) groups is 1. The van der Waals surface area contributed by atoms with Crippen LogP contribution in [0.4, 0.5) is 24.7 Å². The molecule has 1 amide bonds. The predicted octanol–water partition coefficient (Wildman–Crippen LogP) is 3.01. The van der Waals surface area contributed by atoms with Crippen LogP contribution in [-0.2, 0) is 10.9 Å². The van der Waals surface area contributed by atoms with Gasteiger partial charge in [0.25, 0.3) is 5.91 Å². The Morgan fingerprint density at radius 1 is 1.16 bits per heavy atom. The van der Waals surface area contributed by atoms with Crippen LogP contribution in [0, 0.1) is 0 Å². The number of methoxy groups -OCH3 is 1. The lowest BCUT2D eigenvalue weighted by Crippen LogP contribution is -2.26. The van der Waals surface area contributed by atoms with Gasteiger partial charge < -0.3 is 15.4 Å². The van der Waals surface area contributed by atoms with Crippen LogP contribution >= 0.6 is 0 Å². The number of amides is 1. The van der Waals surface area contributed by atoms with Gasteiger partial charge in [-0.05, 0) is 30.7 Å². The summed E-state index contributed by atoms with van der Waals surface area (Å²) in [5.41, 5.74) is -0.154. The maximum absolute atomic E-state index is 12.5. The van der Waals surface area contributed by atoms with Gasteiger partial charge in [0.2, 0.25) is 0 Å². The molecule has 2 rings (SSSR count). The Balaban J connectivity index is 1.92. The number of alkyl halides is 3. The monoisotopic (exact) mass is 354 g/mol. The highest BCUT2D eigenvalue weighted by Gasteiger charge is 2.29. The molecule has 1 aromatic carbocycles.